The normalized spacial score (nSPS) is 14.4. The van der Waals surface area contributed by atoms with E-state index in [4.69, 9.17) is 9.72 Å². The summed E-state index contributed by atoms with van der Waals surface area (Å²) in [7, 11) is -1.94. The van der Waals surface area contributed by atoms with E-state index < -0.39 is 10.0 Å². The number of methoxy groups -OCH3 is 1. The van der Waals surface area contributed by atoms with Crippen LogP contribution in [-0.4, -0.2) is 65.9 Å². The summed E-state index contributed by atoms with van der Waals surface area (Å²) in [5.74, 6) is 1.61. The van der Waals surface area contributed by atoms with Crippen molar-refractivity contribution in [2.45, 2.75) is 24.7 Å². The zero-order valence-corrected chi connectivity index (χ0v) is 23.9. The summed E-state index contributed by atoms with van der Waals surface area (Å²) in [6.07, 6.45) is 4.94. The molecule has 0 amide bonds. The molecule has 1 N–H and O–H groups in total. The molecule has 3 aromatic heterocycles. The van der Waals surface area contributed by atoms with Crippen LogP contribution in [-0.2, 0) is 22.9 Å². The second kappa shape index (κ2) is 11.3. The van der Waals surface area contributed by atoms with E-state index >= 15 is 0 Å². The number of aromatic nitrogens is 4. The van der Waals surface area contributed by atoms with Crippen molar-refractivity contribution in [3.8, 4) is 16.9 Å². The predicted octanol–water partition coefficient (Wildman–Crippen LogP) is 4.63. The van der Waals surface area contributed by atoms with Gasteiger partial charge in [0.1, 0.15) is 17.1 Å². The van der Waals surface area contributed by atoms with Crippen molar-refractivity contribution >= 4 is 26.9 Å². The lowest BCUT2D eigenvalue weighted by Crippen LogP contribution is -2.48. The second-order valence-corrected chi connectivity index (χ2v) is 12.1. The molecule has 5 aromatic rings. The van der Waals surface area contributed by atoms with E-state index in [1.54, 1.807) is 35.9 Å². The third-order valence-electron chi connectivity index (χ3n) is 7.55. The highest BCUT2D eigenvalue weighted by molar-refractivity contribution is 7.89. The van der Waals surface area contributed by atoms with Crippen molar-refractivity contribution in [3.63, 3.8) is 0 Å². The summed E-state index contributed by atoms with van der Waals surface area (Å²) < 4.78 is 33.6. The van der Waals surface area contributed by atoms with Gasteiger partial charge in [0.05, 0.1) is 12.0 Å². The lowest BCUT2D eigenvalue weighted by atomic mass is 10.1. The van der Waals surface area contributed by atoms with Gasteiger partial charge in [-0.15, -0.1) is 0 Å². The van der Waals surface area contributed by atoms with E-state index in [-0.39, 0.29) is 0 Å². The first-order chi connectivity index (χ1) is 19.9. The lowest BCUT2D eigenvalue weighted by Gasteiger charge is -2.36. The smallest absolute Gasteiger partial charge is 0.243 e. The Kier molecular flexibility index (Phi) is 7.42. The number of ether oxygens (including phenoxy) is 1. The summed E-state index contributed by atoms with van der Waals surface area (Å²) in [5, 5.41) is 0. The minimum atomic E-state index is -3.58. The quantitative estimate of drug-likeness (QED) is 0.291. The van der Waals surface area contributed by atoms with E-state index in [0.29, 0.717) is 43.1 Å². The number of nitrogens with zero attached hydrogens (tertiary/aromatic N) is 5. The summed E-state index contributed by atoms with van der Waals surface area (Å²) in [5.41, 5.74) is 6.53. The first-order valence-corrected chi connectivity index (χ1v) is 15.1. The van der Waals surface area contributed by atoms with Crippen LogP contribution in [0.15, 0.2) is 84.0 Å². The number of aromatic amines is 1. The number of pyridine rings is 2. The van der Waals surface area contributed by atoms with Crippen molar-refractivity contribution < 1.29 is 13.2 Å². The Hall–Kier alpha value is -4.28. The van der Waals surface area contributed by atoms with Gasteiger partial charge < -0.3 is 14.6 Å². The fraction of sp³-hybridized carbons (Fsp3) is 0.258. The number of rotatable bonds is 8. The van der Waals surface area contributed by atoms with Crippen molar-refractivity contribution in [2.24, 2.45) is 0 Å². The molecule has 0 atom stereocenters. The van der Waals surface area contributed by atoms with Crippen LogP contribution in [0.2, 0.25) is 0 Å². The van der Waals surface area contributed by atoms with Crippen LogP contribution in [0.4, 0.5) is 5.69 Å². The molecule has 2 aromatic carbocycles. The SMILES string of the molecule is COc1ccnc(CCc2nc3cc(-c4ccc(S(=O)(=O)N5CCN(c6ccccc6C)CC5)cc4)cnc3[nH]2)c1. The number of piperazine rings is 1. The molecule has 1 aliphatic heterocycles. The summed E-state index contributed by atoms with van der Waals surface area (Å²) >= 11 is 0. The van der Waals surface area contributed by atoms with Crippen LogP contribution in [0, 0.1) is 6.92 Å². The first kappa shape index (κ1) is 26.9. The Morgan fingerprint density at radius 1 is 0.902 bits per heavy atom. The van der Waals surface area contributed by atoms with Crippen LogP contribution in [0.25, 0.3) is 22.3 Å². The van der Waals surface area contributed by atoms with Gasteiger partial charge in [-0.25, -0.2) is 18.4 Å². The number of hydrogen-bond acceptors (Lipinski definition) is 7. The van der Waals surface area contributed by atoms with E-state index in [9.17, 15) is 8.42 Å². The highest BCUT2D eigenvalue weighted by Crippen LogP contribution is 2.27. The molecule has 9 nitrogen and oxygen atoms in total. The van der Waals surface area contributed by atoms with Crippen molar-refractivity contribution in [2.75, 3.05) is 38.2 Å². The van der Waals surface area contributed by atoms with Gasteiger partial charge in [-0.2, -0.15) is 4.31 Å². The van der Waals surface area contributed by atoms with Crippen molar-refractivity contribution in [3.05, 3.63) is 96.2 Å². The lowest BCUT2D eigenvalue weighted by molar-refractivity contribution is 0.385. The number of H-pyrrole nitrogens is 1. The third kappa shape index (κ3) is 5.66. The standard InChI is InChI=1S/C31H32N6O3S/c1-22-5-3-4-6-29(22)36-15-17-37(18-16-36)41(38,39)27-10-7-23(8-11-27)24-19-28-31(33-21-24)35-30(34-28)12-9-25-20-26(40-2)13-14-32-25/h3-8,10-11,13-14,19-21H,9,12,15-18H2,1-2H3,(H,33,34,35). The molecule has 210 valence electrons. The molecular formula is C31H32N6O3S. The van der Waals surface area contributed by atoms with Gasteiger partial charge in [-0.05, 0) is 54.8 Å². The molecule has 4 heterocycles. The Labute approximate surface area is 239 Å². The fourth-order valence-corrected chi connectivity index (χ4v) is 6.67. The van der Waals surface area contributed by atoms with Crippen LogP contribution in [0.5, 0.6) is 5.75 Å². The summed E-state index contributed by atoms with van der Waals surface area (Å²) in [4.78, 5) is 19.5. The molecular weight excluding hydrogens is 536 g/mol. The molecule has 0 aliphatic carbocycles. The minimum absolute atomic E-state index is 0.299. The molecule has 0 radical (unpaired) electrons. The van der Waals surface area contributed by atoms with E-state index in [0.717, 1.165) is 46.0 Å². The predicted molar refractivity (Wildman–Crippen MR) is 160 cm³/mol. The number of para-hydroxylation sites is 1. The van der Waals surface area contributed by atoms with Gasteiger partial charge in [0.15, 0.2) is 5.65 Å². The number of fused-ring (bicyclic) bond motifs is 1. The van der Waals surface area contributed by atoms with E-state index in [1.165, 1.54) is 5.56 Å². The highest BCUT2D eigenvalue weighted by atomic mass is 32.2. The van der Waals surface area contributed by atoms with Crippen LogP contribution < -0.4 is 9.64 Å². The Morgan fingerprint density at radius 3 is 2.44 bits per heavy atom. The van der Waals surface area contributed by atoms with Crippen molar-refractivity contribution in [1.82, 2.24) is 24.2 Å². The third-order valence-corrected chi connectivity index (χ3v) is 9.46. The maximum absolute atomic E-state index is 13.4. The Morgan fingerprint density at radius 2 is 1.68 bits per heavy atom. The summed E-state index contributed by atoms with van der Waals surface area (Å²) in [6.45, 7) is 4.31. The molecule has 1 fully saturated rings. The average Bonchev–Trinajstić information content (AvgIpc) is 3.43. The molecule has 1 aliphatic rings. The van der Waals surface area contributed by atoms with Crippen LogP contribution in [0.1, 0.15) is 17.1 Å². The molecule has 6 rings (SSSR count). The number of nitrogens with one attached hydrogen (secondary N) is 1. The van der Waals surface area contributed by atoms with Gasteiger partial charge in [0.25, 0.3) is 0 Å². The van der Waals surface area contributed by atoms with E-state index in [1.807, 2.05) is 42.5 Å². The number of imidazole rings is 1. The largest absolute Gasteiger partial charge is 0.497 e. The van der Waals surface area contributed by atoms with Gasteiger partial charge in [0, 0.05) is 68.0 Å². The highest BCUT2D eigenvalue weighted by Gasteiger charge is 2.29. The number of benzene rings is 2. The number of sulfonamides is 1. The molecule has 0 unspecified atom stereocenters. The van der Waals surface area contributed by atoms with Crippen LogP contribution >= 0.6 is 0 Å². The Balaban J connectivity index is 1.12. The maximum atomic E-state index is 13.4. The zero-order chi connectivity index (χ0) is 28.4. The topological polar surface area (TPSA) is 104 Å². The fourth-order valence-electron chi connectivity index (χ4n) is 5.24. The summed E-state index contributed by atoms with van der Waals surface area (Å²) in [6, 6.07) is 21.0. The monoisotopic (exact) mass is 568 g/mol. The molecule has 41 heavy (non-hydrogen) atoms. The average molecular weight is 569 g/mol. The molecule has 0 spiro atoms. The van der Waals surface area contributed by atoms with Gasteiger partial charge in [-0.3, -0.25) is 4.98 Å². The Bertz CT molecular complexity index is 1780. The second-order valence-electron chi connectivity index (χ2n) is 10.2. The minimum Gasteiger partial charge on any atom is -0.497 e. The van der Waals surface area contributed by atoms with Crippen molar-refractivity contribution in [1.29, 1.82) is 0 Å². The molecule has 10 heteroatoms. The van der Waals surface area contributed by atoms with Gasteiger partial charge >= 0.3 is 0 Å². The number of aryl methyl sites for hydroxylation is 3. The zero-order valence-electron chi connectivity index (χ0n) is 23.1. The number of hydrogen-bond donors (Lipinski definition) is 1. The van der Waals surface area contributed by atoms with Crippen LogP contribution in [0.3, 0.4) is 0 Å². The maximum Gasteiger partial charge on any atom is 0.243 e. The van der Waals surface area contributed by atoms with Gasteiger partial charge in [-0.1, -0.05) is 30.3 Å². The first-order valence-electron chi connectivity index (χ1n) is 13.7. The molecule has 1 saturated heterocycles. The number of anilines is 1. The molecule has 0 saturated carbocycles. The molecule has 0 bridgehead atoms. The van der Waals surface area contributed by atoms with Gasteiger partial charge in [0.2, 0.25) is 10.0 Å². The van der Waals surface area contributed by atoms with E-state index in [2.05, 4.69) is 38.9 Å².